The number of amides is 1. The van der Waals surface area contributed by atoms with E-state index in [-0.39, 0.29) is 24.0 Å². The Labute approximate surface area is 176 Å². The summed E-state index contributed by atoms with van der Waals surface area (Å²) >= 11 is 0. The topological polar surface area (TPSA) is 83.0 Å². The number of Topliss-reactive ketones (excluding diaryl/α,β-unsaturated/α-hetero) is 1. The molecule has 1 amide bonds. The number of ketones is 1. The van der Waals surface area contributed by atoms with Gasteiger partial charge in [-0.05, 0) is 43.7 Å². The summed E-state index contributed by atoms with van der Waals surface area (Å²) in [7, 11) is 3.88. The van der Waals surface area contributed by atoms with Gasteiger partial charge in [0.15, 0.2) is 0 Å². The molecule has 7 heteroatoms. The van der Waals surface area contributed by atoms with Gasteiger partial charge in [-0.2, -0.15) is 0 Å². The molecule has 1 saturated heterocycles. The van der Waals surface area contributed by atoms with Gasteiger partial charge in [0.1, 0.15) is 5.76 Å². The summed E-state index contributed by atoms with van der Waals surface area (Å²) in [6.45, 7) is 4.37. The van der Waals surface area contributed by atoms with Crippen LogP contribution in [0.15, 0.2) is 54.4 Å². The van der Waals surface area contributed by atoms with Crippen molar-refractivity contribution in [3.63, 3.8) is 0 Å². The summed E-state index contributed by atoms with van der Waals surface area (Å²) in [6, 6.07) is 10.1. The first-order chi connectivity index (χ1) is 14.3. The van der Waals surface area contributed by atoms with Crippen LogP contribution in [0.1, 0.15) is 31.0 Å². The average Bonchev–Trinajstić information content (AvgIpc) is 2.98. The molecule has 3 rings (SSSR count). The largest absolute Gasteiger partial charge is 0.507 e. The molecule has 1 aliphatic rings. The summed E-state index contributed by atoms with van der Waals surface area (Å²) in [5.41, 5.74) is 2.26. The van der Waals surface area contributed by atoms with Crippen LogP contribution in [-0.4, -0.2) is 60.0 Å². The number of hydrogen-bond acceptors (Lipinski definition) is 6. The lowest BCUT2D eigenvalue weighted by atomic mass is 9.95. The number of nitrogens with zero attached hydrogens (tertiary/aromatic N) is 3. The Morgan fingerprint density at radius 2 is 1.77 bits per heavy atom. The molecule has 1 aromatic heterocycles. The third kappa shape index (κ3) is 4.36. The maximum absolute atomic E-state index is 12.9. The molecule has 1 aromatic carbocycles. The fourth-order valence-electron chi connectivity index (χ4n) is 3.46. The molecular formula is C23H27N3O4. The van der Waals surface area contributed by atoms with Gasteiger partial charge >= 0.3 is 0 Å². The van der Waals surface area contributed by atoms with Gasteiger partial charge in [-0.15, -0.1) is 0 Å². The smallest absolute Gasteiger partial charge is 0.295 e. The SMILES string of the molecule is CC(C)OCCN1C(=O)C(=O)/C(=C(\O)c2ccncc2)C1c1ccc(N(C)C)cc1. The van der Waals surface area contributed by atoms with Gasteiger partial charge in [0.05, 0.1) is 24.3 Å². The number of anilines is 1. The van der Waals surface area contributed by atoms with Gasteiger partial charge in [-0.25, -0.2) is 0 Å². The molecule has 1 atom stereocenters. The van der Waals surface area contributed by atoms with Crippen LogP contribution in [0.5, 0.6) is 0 Å². The Bertz CT molecular complexity index is 937. The van der Waals surface area contributed by atoms with Crippen molar-refractivity contribution in [2.45, 2.75) is 26.0 Å². The minimum absolute atomic E-state index is 0.0106. The number of aliphatic hydroxyl groups is 1. The van der Waals surface area contributed by atoms with Crippen LogP contribution >= 0.6 is 0 Å². The second-order valence-corrected chi connectivity index (χ2v) is 7.63. The lowest BCUT2D eigenvalue weighted by molar-refractivity contribution is -0.140. The highest BCUT2D eigenvalue weighted by molar-refractivity contribution is 6.46. The van der Waals surface area contributed by atoms with E-state index in [4.69, 9.17) is 4.74 Å². The summed E-state index contributed by atoms with van der Waals surface area (Å²) < 4.78 is 5.60. The molecule has 1 fully saturated rings. The maximum atomic E-state index is 12.9. The maximum Gasteiger partial charge on any atom is 0.295 e. The highest BCUT2D eigenvalue weighted by Crippen LogP contribution is 2.39. The van der Waals surface area contributed by atoms with E-state index in [0.29, 0.717) is 12.2 Å². The van der Waals surface area contributed by atoms with Crippen molar-refractivity contribution in [1.82, 2.24) is 9.88 Å². The van der Waals surface area contributed by atoms with Crippen molar-refractivity contribution in [3.8, 4) is 0 Å². The number of pyridine rings is 1. The Kier molecular flexibility index (Phi) is 6.52. The molecule has 0 spiro atoms. The van der Waals surface area contributed by atoms with Crippen LogP contribution in [0.2, 0.25) is 0 Å². The highest BCUT2D eigenvalue weighted by Gasteiger charge is 2.45. The third-order valence-electron chi connectivity index (χ3n) is 5.00. The molecule has 1 N–H and O–H groups in total. The zero-order valence-electron chi connectivity index (χ0n) is 17.7. The van der Waals surface area contributed by atoms with Crippen molar-refractivity contribution < 1.29 is 19.4 Å². The molecule has 2 heterocycles. The number of aromatic nitrogens is 1. The molecule has 30 heavy (non-hydrogen) atoms. The fourth-order valence-corrected chi connectivity index (χ4v) is 3.46. The van der Waals surface area contributed by atoms with Gasteiger partial charge in [0.2, 0.25) is 0 Å². The second-order valence-electron chi connectivity index (χ2n) is 7.63. The summed E-state index contributed by atoms with van der Waals surface area (Å²) in [5.74, 6) is -1.54. The summed E-state index contributed by atoms with van der Waals surface area (Å²) in [5, 5.41) is 10.9. The molecule has 0 radical (unpaired) electrons. The van der Waals surface area contributed by atoms with E-state index in [1.807, 2.05) is 57.1 Å². The van der Waals surface area contributed by atoms with Crippen LogP contribution < -0.4 is 4.90 Å². The molecule has 1 unspecified atom stereocenters. The number of likely N-dealkylation sites (tertiary alicyclic amines) is 1. The van der Waals surface area contributed by atoms with Crippen molar-refractivity contribution in [3.05, 3.63) is 65.5 Å². The molecule has 2 aromatic rings. The van der Waals surface area contributed by atoms with Crippen LogP contribution in [0.4, 0.5) is 5.69 Å². The Balaban J connectivity index is 2.07. The van der Waals surface area contributed by atoms with Crippen molar-refractivity contribution in [2.24, 2.45) is 0 Å². The first-order valence-corrected chi connectivity index (χ1v) is 9.89. The lowest BCUT2D eigenvalue weighted by Crippen LogP contribution is -2.33. The van der Waals surface area contributed by atoms with Crippen LogP contribution in [0.3, 0.4) is 0 Å². The first kappa shape index (κ1) is 21.5. The average molecular weight is 409 g/mol. The van der Waals surface area contributed by atoms with E-state index >= 15 is 0 Å². The molecule has 7 nitrogen and oxygen atoms in total. The van der Waals surface area contributed by atoms with E-state index in [9.17, 15) is 14.7 Å². The predicted octanol–water partition coefficient (Wildman–Crippen LogP) is 2.99. The number of ether oxygens (including phenoxy) is 1. The van der Waals surface area contributed by atoms with Crippen LogP contribution in [0.25, 0.3) is 5.76 Å². The minimum Gasteiger partial charge on any atom is -0.507 e. The van der Waals surface area contributed by atoms with Gasteiger partial charge in [0.25, 0.3) is 11.7 Å². The van der Waals surface area contributed by atoms with E-state index in [1.54, 1.807) is 12.1 Å². The van der Waals surface area contributed by atoms with Gasteiger partial charge in [0, 0.05) is 44.3 Å². The summed E-state index contributed by atoms with van der Waals surface area (Å²) in [6.07, 6.45) is 3.07. The van der Waals surface area contributed by atoms with Gasteiger partial charge in [-0.1, -0.05) is 12.1 Å². The molecule has 0 bridgehead atoms. The zero-order valence-corrected chi connectivity index (χ0v) is 17.7. The first-order valence-electron chi connectivity index (χ1n) is 9.89. The van der Waals surface area contributed by atoms with Gasteiger partial charge < -0.3 is 19.6 Å². The third-order valence-corrected chi connectivity index (χ3v) is 5.00. The Hall–Kier alpha value is -3.19. The fraction of sp³-hybridized carbons (Fsp3) is 0.348. The van der Waals surface area contributed by atoms with Gasteiger partial charge in [-0.3, -0.25) is 14.6 Å². The van der Waals surface area contributed by atoms with Crippen molar-refractivity contribution in [1.29, 1.82) is 0 Å². The van der Waals surface area contributed by atoms with E-state index in [0.717, 1.165) is 11.3 Å². The Morgan fingerprint density at radius 1 is 1.13 bits per heavy atom. The van der Waals surface area contributed by atoms with Crippen molar-refractivity contribution in [2.75, 3.05) is 32.1 Å². The van der Waals surface area contributed by atoms with E-state index < -0.39 is 17.7 Å². The highest BCUT2D eigenvalue weighted by atomic mass is 16.5. The minimum atomic E-state index is -0.699. The Morgan fingerprint density at radius 3 is 2.33 bits per heavy atom. The number of aliphatic hydroxyl groups excluding tert-OH is 1. The van der Waals surface area contributed by atoms with E-state index in [1.165, 1.54) is 17.3 Å². The molecule has 0 aliphatic carbocycles. The van der Waals surface area contributed by atoms with Crippen LogP contribution in [0, 0.1) is 0 Å². The zero-order chi connectivity index (χ0) is 21.8. The number of rotatable bonds is 7. The number of hydrogen-bond donors (Lipinski definition) is 1. The number of carbonyl (C=O) groups is 2. The number of benzene rings is 1. The van der Waals surface area contributed by atoms with E-state index in [2.05, 4.69) is 4.98 Å². The summed E-state index contributed by atoms with van der Waals surface area (Å²) in [4.78, 5) is 33.1. The molecule has 158 valence electrons. The normalized spacial score (nSPS) is 18.3. The lowest BCUT2D eigenvalue weighted by Gasteiger charge is -2.26. The monoisotopic (exact) mass is 409 g/mol. The van der Waals surface area contributed by atoms with Crippen molar-refractivity contribution >= 4 is 23.1 Å². The molecular weight excluding hydrogens is 382 g/mol. The quantitative estimate of drug-likeness (QED) is 0.430. The second kappa shape index (κ2) is 9.09. The standard InChI is InChI=1S/C23H27N3O4/c1-15(2)30-14-13-26-20(16-5-7-18(8-6-16)25(3)4)19(22(28)23(26)29)21(27)17-9-11-24-12-10-17/h5-12,15,20,27H,13-14H2,1-4H3/b21-19-. The molecule has 1 aliphatic heterocycles. The number of carbonyl (C=O) groups excluding carboxylic acids is 2. The molecule has 0 saturated carbocycles. The van der Waals surface area contributed by atoms with Crippen LogP contribution in [-0.2, 0) is 14.3 Å². The predicted molar refractivity (Wildman–Crippen MR) is 115 cm³/mol.